The average molecular weight is 318 g/mol. The Hall–Kier alpha value is -1.88. The van der Waals surface area contributed by atoms with Crippen molar-refractivity contribution in [1.82, 2.24) is 5.32 Å². The highest BCUT2D eigenvalue weighted by molar-refractivity contribution is 6.40. The molecule has 0 spiro atoms. The molecule has 1 aliphatic heterocycles. The number of anilines is 1. The molecule has 0 bridgehead atoms. The van der Waals surface area contributed by atoms with Crippen LogP contribution in [0.3, 0.4) is 0 Å². The molecule has 126 valence electrons. The highest BCUT2D eigenvalue weighted by atomic mass is 16.3. The Balaban J connectivity index is 1.88. The Morgan fingerprint density at radius 1 is 1.35 bits per heavy atom. The number of fused-ring (bicyclic) bond motifs is 1. The summed E-state index contributed by atoms with van der Waals surface area (Å²) in [6.45, 7) is 7.10. The SMILES string of the molecule is Cc1cccc2c1CCN2C(=O)C(=O)NCCCC(C)(C)CO. The van der Waals surface area contributed by atoms with Gasteiger partial charge in [0.2, 0.25) is 0 Å². The molecule has 2 amide bonds. The molecule has 1 aromatic carbocycles. The van der Waals surface area contributed by atoms with E-state index in [0.717, 1.165) is 36.1 Å². The first-order valence-electron chi connectivity index (χ1n) is 8.15. The molecule has 0 fully saturated rings. The maximum atomic E-state index is 12.3. The number of carbonyl (C=O) groups excluding carboxylic acids is 2. The van der Waals surface area contributed by atoms with Crippen LogP contribution >= 0.6 is 0 Å². The van der Waals surface area contributed by atoms with Crippen LogP contribution in [0.1, 0.15) is 37.8 Å². The second kappa shape index (κ2) is 7.13. The van der Waals surface area contributed by atoms with Gasteiger partial charge in [0, 0.05) is 25.4 Å². The molecular formula is C18H26N2O3. The predicted octanol–water partition coefficient (Wildman–Crippen LogP) is 1.80. The molecule has 2 rings (SSSR count). The molecule has 0 radical (unpaired) electrons. The van der Waals surface area contributed by atoms with Gasteiger partial charge in [-0.15, -0.1) is 0 Å². The van der Waals surface area contributed by atoms with Gasteiger partial charge in [0.25, 0.3) is 0 Å². The van der Waals surface area contributed by atoms with E-state index in [1.807, 2.05) is 39.0 Å². The molecule has 0 aromatic heterocycles. The summed E-state index contributed by atoms with van der Waals surface area (Å²) in [4.78, 5) is 26.0. The van der Waals surface area contributed by atoms with Gasteiger partial charge in [0.05, 0.1) is 0 Å². The summed E-state index contributed by atoms with van der Waals surface area (Å²) >= 11 is 0. The van der Waals surface area contributed by atoms with Gasteiger partial charge >= 0.3 is 11.8 Å². The quantitative estimate of drug-likeness (QED) is 0.642. The van der Waals surface area contributed by atoms with E-state index in [0.29, 0.717) is 13.1 Å². The number of hydrogen-bond donors (Lipinski definition) is 2. The Labute approximate surface area is 137 Å². The van der Waals surface area contributed by atoms with Crippen LogP contribution in [0.5, 0.6) is 0 Å². The molecule has 0 saturated heterocycles. The molecule has 1 aliphatic rings. The summed E-state index contributed by atoms with van der Waals surface area (Å²) in [6.07, 6.45) is 2.33. The Morgan fingerprint density at radius 3 is 2.78 bits per heavy atom. The molecule has 0 saturated carbocycles. The van der Waals surface area contributed by atoms with Gasteiger partial charge in [-0.3, -0.25) is 9.59 Å². The van der Waals surface area contributed by atoms with Crippen LogP contribution in [0, 0.1) is 12.3 Å². The third kappa shape index (κ3) is 4.10. The molecule has 23 heavy (non-hydrogen) atoms. The summed E-state index contributed by atoms with van der Waals surface area (Å²) in [5, 5.41) is 11.9. The lowest BCUT2D eigenvalue weighted by Gasteiger charge is -2.21. The summed E-state index contributed by atoms with van der Waals surface area (Å²) < 4.78 is 0. The van der Waals surface area contributed by atoms with Crippen LogP contribution in [-0.2, 0) is 16.0 Å². The molecule has 5 nitrogen and oxygen atoms in total. The van der Waals surface area contributed by atoms with Gasteiger partial charge in [-0.05, 0) is 48.8 Å². The minimum absolute atomic E-state index is 0.115. The van der Waals surface area contributed by atoms with Crippen LogP contribution in [-0.4, -0.2) is 36.6 Å². The Bertz CT molecular complexity index is 596. The first-order chi connectivity index (χ1) is 10.9. The first kappa shape index (κ1) is 17.5. The molecule has 1 aromatic rings. The topological polar surface area (TPSA) is 69.6 Å². The van der Waals surface area contributed by atoms with Crippen molar-refractivity contribution in [2.75, 3.05) is 24.6 Å². The second-order valence-corrected chi connectivity index (χ2v) is 6.96. The van der Waals surface area contributed by atoms with Crippen molar-refractivity contribution in [3.05, 3.63) is 29.3 Å². The van der Waals surface area contributed by atoms with Gasteiger partial charge in [-0.2, -0.15) is 0 Å². The number of nitrogens with one attached hydrogen (secondary N) is 1. The largest absolute Gasteiger partial charge is 0.396 e. The standard InChI is InChI=1S/C18H26N2O3/c1-13-6-4-7-15-14(13)8-11-20(15)17(23)16(22)19-10-5-9-18(2,3)12-21/h4,6-7,21H,5,8-12H2,1-3H3,(H,19,22). The summed E-state index contributed by atoms with van der Waals surface area (Å²) in [6, 6.07) is 5.83. The van der Waals surface area contributed by atoms with Crippen LogP contribution in [0.15, 0.2) is 18.2 Å². The van der Waals surface area contributed by atoms with E-state index in [9.17, 15) is 14.7 Å². The van der Waals surface area contributed by atoms with Crippen molar-refractivity contribution < 1.29 is 14.7 Å². The summed E-state index contributed by atoms with van der Waals surface area (Å²) in [7, 11) is 0. The minimum atomic E-state index is -0.554. The van der Waals surface area contributed by atoms with Crippen molar-refractivity contribution in [3.63, 3.8) is 0 Å². The lowest BCUT2D eigenvalue weighted by Crippen LogP contribution is -2.42. The minimum Gasteiger partial charge on any atom is -0.396 e. The van der Waals surface area contributed by atoms with E-state index in [-0.39, 0.29) is 12.0 Å². The van der Waals surface area contributed by atoms with Crippen LogP contribution < -0.4 is 10.2 Å². The second-order valence-electron chi connectivity index (χ2n) is 6.96. The number of hydrogen-bond acceptors (Lipinski definition) is 3. The van der Waals surface area contributed by atoms with Crippen LogP contribution in [0.4, 0.5) is 5.69 Å². The summed E-state index contributed by atoms with van der Waals surface area (Å²) in [5.74, 6) is -1.04. The molecule has 5 heteroatoms. The van der Waals surface area contributed by atoms with E-state index >= 15 is 0 Å². The molecule has 2 N–H and O–H groups in total. The fourth-order valence-corrected chi connectivity index (χ4v) is 2.87. The zero-order valence-electron chi connectivity index (χ0n) is 14.2. The third-order valence-electron chi connectivity index (χ3n) is 4.45. The number of rotatable bonds is 5. The zero-order valence-corrected chi connectivity index (χ0v) is 14.2. The van der Waals surface area contributed by atoms with Gasteiger partial charge in [0.1, 0.15) is 0 Å². The summed E-state index contributed by atoms with van der Waals surface area (Å²) in [5.41, 5.74) is 3.01. The molecular weight excluding hydrogens is 292 g/mol. The van der Waals surface area contributed by atoms with E-state index in [4.69, 9.17) is 0 Å². The fourth-order valence-electron chi connectivity index (χ4n) is 2.87. The molecule has 1 heterocycles. The third-order valence-corrected chi connectivity index (χ3v) is 4.45. The molecule has 0 aliphatic carbocycles. The molecule has 0 unspecified atom stereocenters. The number of aliphatic hydroxyl groups excluding tert-OH is 1. The van der Waals surface area contributed by atoms with Crippen molar-refractivity contribution in [3.8, 4) is 0 Å². The maximum absolute atomic E-state index is 12.3. The number of nitrogens with zero attached hydrogens (tertiary/aromatic N) is 1. The van der Waals surface area contributed by atoms with Gasteiger partial charge < -0.3 is 15.3 Å². The number of benzene rings is 1. The number of aryl methyl sites for hydroxylation is 1. The number of aliphatic hydroxyl groups is 1. The number of carbonyl (C=O) groups is 2. The van der Waals surface area contributed by atoms with Crippen molar-refractivity contribution >= 4 is 17.5 Å². The number of amides is 2. The maximum Gasteiger partial charge on any atom is 0.316 e. The van der Waals surface area contributed by atoms with Crippen LogP contribution in [0.25, 0.3) is 0 Å². The van der Waals surface area contributed by atoms with Gasteiger partial charge in [-0.1, -0.05) is 26.0 Å². The van der Waals surface area contributed by atoms with E-state index in [1.165, 1.54) is 0 Å². The van der Waals surface area contributed by atoms with Crippen molar-refractivity contribution in [2.45, 2.75) is 40.0 Å². The predicted molar refractivity (Wildman–Crippen MR) is 90.3 cm³/mol. The van der Waals surface area contributed by atoms with Gasteiger partial charge in [0.15, 0.2) is 0 Å². The van der Waals surface area contributed by atoms with Gasteiger partial charge in [-0.25, -0.2) is 0 Å². The first-order valence-corrected chi connectivity index (χ1v) is 8.15. The molecule has 0 atom stereocenters. The normalized spacial score (nSPS) is 13.8. The van der Waals surface area contributed by atoms with E-state index in [1.54, 1.807) is 4.90 Å². The average Bonchev–Trinajstić information content (AvgIpc) is 2.96. The van der Waals surface area contributed by atoms with Crippen molar-refractivity contribution in [2.24, 2.45) is 5.41 Å². The Morgan fingerprint density at radius 2 is 2.09 bits per heavy atom. The lowest BCUT2D eigenvalue weighted by atomic mass is 9.89. The van der Waals surface area contributed by atoms with Crippen molar-refractivity contribution in [1.29, 1.82) is 0 Å². The van der Waals surface area contributed by atoms with Crippen LogP contribution in [0.2, 0.25) is 0 Å². The Kier molecular flexibility index (Phi) is 5.42. The highest BCUT2D eigenvalue weighted by Gasteiger charge is 2.29. The fraction of sp³-hybridized carbons (Fsp3) is 0.556. The van der Waals surface area contributed by atoms with E-state index < -0.39 is 11.8 Å². The lowest BCUT2D eigenvalue weighted by molar-refractivity contribution is -0.137. The smallest absolute Gasteiger partial charge is 0.316 e. The highest BCUT2D eigenvalue weighted by Crippen LogP contribution is 2.30. The zero-order chi connectivity index (χ0) is 17.0. The monoisotopic (exact) mass is 318 g/mol. The van der Waals surface area contributed by atoms with E-state index in [2.05, 4.69) is 5.32 Å².